The number of ether oxygens (including phenoxy) is 1. The SMILES string of the molecule is COc1ccc(C)c(C(O)C(O)CN)c1. The molecule has 0 aromatic heterocycles. The fourth-order valence-corrected chi connectivity index (χ4v) is 1.40. The van der Waals surface area contributed by atoms with Crippen molar-refractivity contribution >= 4 is 0 Å². The van der Waals surface area contributed by atoms with Gasteiger partial charge in [0.2, 0.25) is 0 Å². The van der Waals surface area contributed by atoms with E-state index < -0.39 is 12.2 Å². The van der Waals surface area contributed by atoms with Gasteiger partial charge in [0.25, 0.3) is 0 Å². The molecule has 0 spiro atoms. The second-order valence-corrected chi connectivity index (χ2v) is 3.47. The molecule has 15 heavy (non-hydrogen) atoms. The largest absolute Gasteiger partial charge is 0.497 e. The van der Waals surface area contributed by atoms with Gasteiger partial charge >= 0.3 is 0 Å². The quantitative estimate of drug-likeness (QED) is 0.672. The highest BCUT2D eigenvalue weighted by Gasteiger charge is 2.19. The van der Waals surface area contributed by atoms with Crippen molar-refractivity contribution in [3.63, 3.8) is 0 Å². The number of methoxy groups -OCH3 is 1. The van der Waals surface area contributed by atoms with Gasteiger partial charge in [0.05, 0.1) is 13.2 Å². The number of aliphatic hydroxyl groups excluding tert-OH is 2. The summed E-state index contributed by atoms with van der Waals surface area (Å²) in [5.41, 5.74) is 6.83. The van der Waals surface area contributed by atoms with Crippen LogP contribution in [0, 0.1) is 6.92 Å². The van der Waals surface area contributed by atoms with E-state index in [4.69, 9.17) is 10.5 Å². The van der Waals surface area contributed by atoms with Crippen LogP contribution in [0.2, 0.25) is 0 Å². The van der Waals surface area contributed by atoms with Gasteiger partial charge in [0, 0.05) is 6.54 Å². The third-order valence-corrected chi connectivity index (χ3v) is 2.41. The minimum Gasteiger partial charge on any atom is -0.497 e. The van der Waals surface area contributed by atoms with E-state index in [1.54, 1.807) is 19.2 Å². The van der Waals surface area contributed by atoms with Crippen LogP contribution >= 0.6 is 0 Å². The van der Waals surface area contributed by atoms with E-state index in [0.29, 0.717) is 11.3 Å². The van der Waals surface area contributed by atoms with Gasteiger partial charge in [0.1, 0.15) is 11.9 Å². The standard InChI is InChI=1S/C11H17NO3/c1-7-3-4-8(15-2)5-9(7)11(14)10(13)6-12/h3-5,10-11,13-14H,6,12H2,1-2H3. The van der Waals surface area contributed by atoms with Gasteiger partial charge in [0.15, 0.2) is 0 Å². The summed E-state index contributed by atoms with van der Waals surface area (Å²) in [4.78, 5) is 0. The first kappa shape index (κ1) is 12.0. The summed E-state index contributed by atoms with van der Waals surface area (Å²) in [6.45, 7) is 1.89. The minimum absolute atomic E-state index is 0.0256. The molecule has 0 fully saturated rings. The zero-order chi connectivity index (χ0) is 11.4. The first-order valence-corrected chi connectivity index (χ1v) is 4.81. The zero-order valence-corrected chi connectivity index (χ0v) is 8.97. The molecule has 1 rings (SSSR count). The van der Waals surface area contributed by atoms with Gasteiger partial charge < -0.3 is 20.7 Å². The van der Waals surface area contributed by atoms with Crippen LogP contribution in [-0.4, -0.2) is 30.0 Å². The lowest BCUT2D eigenvalue weighted by molar-refractivity contribution is 0.0238. The van der Waals surface area contributed by atoms with Crippen molar-refractivity contribution in [2.24, 2.45) is 5.73 Å². The number of hydrogen-bond acceptors (Lipinski definition) is 4. The second-order valence-electron chi connectivity index (χ2n) is 3.47. The van der Waals surface area contributed by atoms with E-state index in [9.17, 15) is 10.2 Å². The fraction of sp³-hybridized carbons (Fsp3) is 0.455. The summed E-state index contributed by atoms with van der Waals surface area (Å²) >= 11 is 0. The molecule has 0 aliphatic carbocycles. The Morgan fingerprint density at radius 1 is 1.40 bits per heavy atom. The Bertz CT molecular complexity index is 328. The Kier molecular flexibility index (Phi) is 4.08. The minimum atomic E-state index is -0.968. The molecule has 0 radical (unpaired) electrons. The van der Waals surface area contributed by atoms with Crippen LogP contribution in [0.5, 0.6) is 5.75 Å². The monoisotopic (exact) mass is 211 g/mol. The number of nitrogens with two attached hydrogens (primary N) is 1. The molecule has 0 saturated carbocycles. The summed E-state index contributed by atoms with van der Waals surface area (Å²) in [5, 5.41) is 19.3. The Balaban J connectivity index is 3.01. The number of hydrogen-bond donors (Lipinski definition) is 3. The van der Waals surface area contributed by atoms with Gasteiger partial charge in [-0.3, -0.25) is 0 Å². The van der Waals surface area contributed by atoms with Crippen molar-refractivity contribution in [2.75, 3.05) is 13.7 Å². The maximum Gasteiger partial charge on any atom is 0.119 e. The zero-order valence-electron chi connectivity index (χ0n) is 8.97. The molecule has 0 aliphatic rings. The highest BCUT2D eigenvalue weighted by Crippen LogP contribution is 2.24. The molecule has 0 amide bonds. The summed E-state index contributed by atoms with van der Waals surface area (Å²) in [6.07, 6.45) is -1.92. The van der Waals surface area contributed by atoms with Gasteiger partial charge in [-0.15, -0.1) is 0 Å². The van der Waals surface area contributed by atoms with Crippen molar-refractivity contribution in [1.29, 1.82) is 0 Å². The highest BCUT2D eigenvalue weighted by atomic mass is 16.5. The third kappa shape index (κ3) is 2.68. The van der Waals surface area contributed by atoms with Gasteiger partial charge in [-0.2, -0.15) is 0 Å². The smallest absolute Gasteiger partial charge is 0.119 e. The van der Waals surface area contributed by atoms with Crippen LogP contribution in [-0.2, 0) is 0 Å². The van der Waals surface area contributed by atoms with Gasteiger partial charge in [-0.25, -0.2) is 0 Å². The van der Waals surface area contributed by atoms with E-state index in [1.807, 2.05) is 13.0 Å². The summed E-state index contributed by atoms with van der Waals surface area (Å²) in [6, 6.07) is 5.35. The summed E-state index contributed by atoms with van der Waals surface area (Å²) in [7, 11) is 1.56. The Morgan fingerprint density at radius 2 is 2.07 bits per heavy atom. The molecular formula is C11H17NO3. The topological polar surface area (TPSA) is 75.7 Å². The van der Waals surface area contributed by atoms with E-state index in [1.165, 1.54) is 0 Å². The van der Waals surface area contributed by atoms with E-state index in [-0.39, 0.29) is 6.54 Å². The first-order valence-electron chi connectivity index (χ1n) is 4.81. The van der Waals surface area contributed by atoms with Crippen LogP contribution in [0.3, 0.4) is 0 Å². The number of aliphatic hydroxyl groups is 2. The van der Waals surface area contributed by atoms with Crippen molar-refractivity contribution in [3.8, 4) is 5.75 Å². The van der Waals surface area contributed by atoms with Crippen LogP contribution in [0.25, 0.3) is 0 Å². The first-order chi connectivity index (χ1) is 7.10. The Morgan fingerprint density at radius 3 is 2.60 bits per heavy atom. The third-order valence-electron chi connectivity index (χ3n) is 2.41. The van der Waals surface area contributed by atoms with E-state index in [0.717, 1.165) is 5.56 Å². The van der Waals surface area contributed by atoms with E-state index in [2.05, 4.69) is 0 Å². The maximum atomic E-state index is 9.80. The molecule has 0 aliphatic heterocycles. The lowest BCUT2D eigenvalue weighted by Gasteiger charge is -2.19. The fourth-order valence-electron chi connectivity index (χ4n) is 1.40. The molecule has 84 valence electrons. The average Bonchev–Trinajstić information content (AvgIpc) is 2.27. The molecule has 4 heteroatoms. The van der Waals surface area contributed by atoms with Crippen molar-refractivity contribution in [1.82, 2.24) is 0 Å². The average molecular weight is 211 g/mol. The molecule has 0 saturated heterocycles. The van der Waals surface area contributed by atoms with Crippen molar-refractivity contribution < 1.29 is 14.9 Å². The summed E-state index contributed by atoms with van der Waals surface area (Å²) in [5.74, 6) is 0.652. The second kappa shape index (κ2) is 5.11. The van der Waals surface area contributed by atoms with Crippen LogP contribution in [0.4, 0.5) is 0 Å². The molecule has 2 unspecified atom stereocenters. The van der Waals surface area contributed by atoms with Crippen LogP contribution in [0.15, 0.2) is 18.2 Å². The Labute approximate surface area is 89.3 Å². The molecule has 1 aromatic rings. The predicted octanol–water partition coefficient (Wildman–Crippen LogP) is 0.357. The van der Waals surface area contributed by atoms with Crippen LogP contribution < -0.4 is 10.5 Å². The number of aryl methyl sites for hydroxylation is 1. The molecule has 0 bridgehead atoms. The van der Waals surface area contributed by atoms with Gasteiger partial charge in [-0.1, -0.05) is 6.07 Å². The van der Waals surface area contributed by atoms with Gasteiger partial charge in [-0.05, 0) is 30.2 Å². The normalized spacial score (nSPS) is 14.7. The predicted molar refractivity (Wildman–Crippen MR) is 57.8 cm³/mol. The molecule has 2 atom stereocenters. The lowest BCUT2D eigenvalue weighted by Crippen LogP contribution is -2.27. The highest BCUT2D eigenvalue weighted by molar-refractivity contribution is 5.36. The lowest BCUT2D eigenvalue weighted by atomic mass is 9.99. The molecule has 0 heterocycles. The molecule has 1 aromatic carbocycles. The van der Waals surface area contributed by atoms with Crippen LogP contribution in [0.1, 0.15) is 17.2 Å². The summed E-state index contributed by atoms with van der Waals surface area (Å²) < 4.78 is 5.05. The molecular weight excluding hydrogens is 194 g/mol. The van der Waals surface area contributed by atoms with Crippen molar-refractivity contribution in [2.45, 2.75) is 19.1 Å². The maximum absolute atomic E-state index is 9.80. The number of benzene rings is 1. The van der Waals surface area contributed by atoms with E-state index >= 15 is 0 Å². The van der Waals surface area contributed by atoms with Crippen molar-refractivity contribution in [3.05, 3.63) is 29.3 Å². The molecule has 4 nitrogen and oxygen atoms in total. The number of rotatable bonds is 4. The molecule has 4 N–H and O–H groups in total. The Hall–Kier alpha value is -1.10.